The van der Waals surface area contributed by atoms with Gasteiger partial charge in [0.15, 0.2) is 0 Å². The van der Waals surface area contributed by atoms with E-state index in [0.717, 1.165) is 14.9 Å². The molecular weight excluding hydrogens is 516 g/mol. The molecule has 0 aliphatic carbocycles. The topological polar surface area (TPSA) is 102 Å². The molecule has 0 spiro atoms. The monoisotopic (exact) mass is 534 g/mol. The fourth-order valence-electron chi connectivity index (χ4n) is 3.33. The Hall–Kier alpha value is -4.24. The number of benzene rings is 3. The van der Waals surface area contributed by atoms with Gasteiger partial charge >= 0.3 is 12.0 Å². The van der Waals surface area contributed by atoms with Crippen LogP contribution in [0, 0.1) is 0 Å². The van der Waals surface area contributed by atoms with Crippen LogP contribution in [0.4, 0.5) is 10.5 Å². The van der Waals surface area contributed by atoms with Gasteiger partial charge < -0.3 is 9.47 Å². The Morgan fingerprint density at radius 1 is 0.943 bits per heavy atom. The van der Waals surface area contributed by atoms with E-state index in [1.165, 1.54) is 37.5 Å². The van der Waals surface area contributed by atoms with Gasteiger partial charge in [-0.3, -0.25) is 14.9 Å². The molecule has 1 aliphatic rings. The lowest BCUT2D eigenvalue weighted by atomic mass is 10.1. The second kappa shape index (κ2) is 10.4. The van der Waals surface area contributed by atoms with Crippen molar-refractivity contribution < 1.29 is 28.7 Å². The molecule has 0 bridgehead atoms. The van der Waals surface area contributed by atoms with Crippen molar-refractivity contribution in [3.05, 3.63) is 99.5 Å². The Morgan fingerprint density at radius 3 is 2.23 bits per heavy atom. The van der Waals surface area contributed by atoms with Crippen LogP contribution in [0.15, 0.2) is 82.8 Å². The minimum Gasteiger partial charge on any atom is -0.489 e. The number of methoxy groups -OCH3 is 1. The Kier molecular flexibility index (Phi) is 7.07. The summed E-state index contributed by atoms with van der Waals surface area (Å²) in [6.07, 6.45) is 1.40. The zero-order valence-electron chi connectivity index (χ0n) is 18.5. The van der Waals surface area contributed by atoms with Gasteiger partial charge in [0.1, 0.15) is 17.9 Å². The molecule has 1 fully saturated rings. The number of rotatable bonds is 6. The van der Waals surface area contributed by atoms with E-state index < -0.39 is 23.8 Å². The Balaban J connectivity index is 1.50. The molecule has 176 valence electrons. The standard InChI is InChI=1S/C26H19BrN2O6/c1-34-25(32)18-6-10-20(11-7-18)29-24(31)22(23(30)28-26(29)33)14-16-4-12-21(13-5-16)35-15-17-2-8-19(27)9-3-17/h2-14H,15H2,1H3,(H,28,30,33)/b22-14+. The van der Waals surface area contributed by atoms with Crippen molar-refractivity contribution in [3.8, 4) is 5.75 Å². The summed E-state index contributed by atoms with van der Waals surface area (Å²) in [4.78, 5) is 50.3. The predicted molar refractivity (Wildman–Crippen MR) is 132 cm³/mol. The van der Waals surface area contributed by atoms with Gasteiger partial charge in [-0.2, -0.15) is 0 Å². The molecule has 8 nitrogen and oxygen atoms in total. The summed E-state index contributed by atoms with van der Waals surface area (Å²) in [7, 11) is 1.25. The molecule has 0 saturated carbocycles. The number of carbonyl (C=O) groups excluding carboxylic acids is 4. The first kappa shape index (κ1) is 23.9. The van der Waals surface area contributed by atoms with Gasteiger partial charge in [0.25, 0.3) is 11.8 Å². The third kappa shape index (κ3) is 5.47. The minimum absolute atomic E-state index is 0.204. The fourth-order valence-corrected chi connectivity index (χ4v) is 3.59. The number of halogens is 1. The van der Waals surface area contributed by atoms with Crippen molar-refractivity contribution in [1.82, 2.24) is 5.32 Å². The molecule has 0 atom stereocenters. The summed E-state index contributed by atoms with van der Waals surface area (Å²) in [5.74, 6) is -1.50. The second-order valence-corrected chi connectivity index (χ2v) is 8.40. The van der Waals surface area contributed by atoms with Crippen LogP contribution in [0.25, 0.3) is 6.08 Å². The van der Waals surface area contributed by atoms with Crippen molar-refractivity contribution in [2.45, 2.75) is 6.61 Å². The molecule has 4 rings (SSSR count). The summed E-state index contributed by atoms with van der Waals surface area (Å²) in [6, 6.07) is 19.5. The third-order valence-corrected chi connectivity index (χ3v) is 5.69. The predicted octanol–water partition coefficient (Wildman–Crippen LogP) is 4.48. The lowest BCUT2D eigenvalue weighted by Crippen LogP contribution is -2.54. The number of nitrogens with zero attached hydrogens (tertiary/aromatic N) is 1. The fraction of sp³-hybridized carbons (Fsp3) is 0.0769. The number of nitrogens with one attached hydrogen (secondary N) is 1. The second-order valence-electron chi connectivity index (χ2n) is 7.48. The normalized spacial score (nSPS) is 14.6. The quantitative estimate of drug-likeness (QED) is 0.284. The highest BCUT2D eigenvalue weighted by Crippen LogP contribution is 2.23. The molecule has 0 aromatic heterocycles. The van der Waals surface area contributed by atoms with Gasteiger partial charge in [-0.15, -0.1) is 0 Å². The van der Waals surface area contributed by atoms with E-state index in [1.54, 1.807) is 24.3 Å². The summed E-state index contributed by atoms with van der Waals surface area (Å²) in [6.45, 7) is 0.389. The zero-order chi connectivity index (χ0) is 24.9. The van der Waals surface area contributed by atoms with Gasteiger partial charge in [0.2, 0.25) is 0 Å². The summed E-state index contributed by atoms with van der Waals surface area (Å²) in [5.41, 5.74) is 1.85. The van der Waals surface area contributed by atoms with E-state index >= 15 is 0 Å². The highest BCUT2D eigenvalue weighted by atomic mass is 79.9. The van der Waals surface area contributed by atoms with Gasteiger partial charge in [0, 0.05) is 4.47 Å². The number of hydrogen-bond donors (Lipinski definition) is 1. The van der Waals surface area contributed by atoms with Crippen LogP contribution in [0.1, 0.15) is 21.5 Å². The van der Waals surface area contributed by atoms with E-state index in [4.69, 9.17) is 4.74 Å². The van der Waals surface area contributed by atoms with Crippen LogP contribution in [-0.2, 0) is 20.9 Å². The number of urea groups is 1. The number of barbiturate groups is 1. The number of amides is 4. The summed E-state index contributed by atoms with van der Waals surface area (Å²) in [5, 5.41) is 2.17. The molecule has 3 aromatic carbocycles. The minimum atomic E-state index is -0.875. The van der Waals surface area contributed by atoms with E-state index in [2.05, 4.69) is 26.0 Å². The van der Waals surface area contributed by atoms with E-state index in [-0.39, 0.29) is 16.8 Å². The summed E-state index contributed by atoms with van der Waals surface area (Å²) >= 11 is 3.39. The van der Waals surface area contributed by atoms with Crippen LogP contribution in [0.5, 0.6) is 5.75 Å². The Bertz CT molecular complexity index is 1320. The molecule has 4 amide bonds. The van der Waals surface area contributed by atoms with Crippen molar-refractivity contribution in [2.24, 2.45) is 0 Å². The first-order chi connectivity index (χ1) is 16.9. The Labute approximate surface area is 209 Å². The molecule has 1 saturated heterocycles. The number of anilines is 1. The first-order valence-electron chi connectivity index (χ1n) is 10.4. The molecule has 1 N–H and O–H groups in total. The van der Waals surface area contributed by atoms with Crippen LogP contribution in [0.3, 0.4) is 0 Å². The highest BCUT2D eigenvalue weighted by molar-refractivity contribution is 9.10. The SMILES string of the molecule is COC(=O)c1ccc(N2C(=O)NC(=O)/C(=C\c3ccc(OCc4ccc(Br)cc4)cc3)C2=O)cc1. The molecule has 1 heterocycles. The van der Waals surface area contributed by atoms with Gasteiger partial charge in [0.05, 0.1) is 18.4 Å². The van der Waals surface area contributed by atoms with Crippen LogP contribution in [0.2, 0.25) is 0 Å². The number of carbonyl (C=O) groups is 4. The molecule has 0 radical (unpaired) electrons. The molecular formula is C26H19BrN2O6. The first-order valence-corrected chi connectivity index (χ1v) is 11.2. The zero-order valence-corrected chi connectivity index (χ0v) is 20.1. The van der Waals surface area contributed by atoms with Crippen LogP contribution >= 0.6 is 15.9 Å². The van der Waals surface area contributed by atoms with Gasteiger partial charge in [-0.25, -0.2) is 14.5 Å². The van der Waals surface area contributed by atoms with Crippen LogP contribution < -0.4 is 15.0 Å². The molecule has 1 aliphatic heterocycles. The number of hydrogen-bond acceptors (Lipinski definition) is 6. The number of esters is 1. The highest BCUT2D eigenvalue weighted by Gasteiger charge is 2.36. The maximum atomic E-state index is 13.0. The van der Waals surface area contributed by atoms with Crippen molar-refractivity contribution in [3.63, 3.8) is 0 Å². The Morgan fingerprint density at radius 2 is 1.60 bits per heavy atom. The van der Waals surface area contributed by atoms with Crippen molar-refractivity contribution in [1.29, 1.82) is 0 Å². The van der Waals surface area contributed by atoms with Crippen LogP contribution in [-0.4, -0.2) is 30.9 Å². The van der Waals surface area contributed by atoms with Gasteiger partial charge in [-0.1, -0.05) is 40.2 Å². The summed E-state index contributed by atoms with van der Waals surface area (Å²) < 4.78 is 11.4. The van der Waals surface area contributed by atoms with E-state index in [1.807, 2.05) is 24.3 Å². The lowest BCUT2D eigenvalue weighted by Gasteiger charge is -2.26. The van der Waals surface area contributed by atoms with Gasteiger partial charge in [-0.05, 0) is 65.7 Å². The van der Waals surface area contributed by atoms with E-state index in [9.17, 15) is 19.2 Å². The number of ether oxygens (including phenoxy) is 2. The average Bonchev–Trinajstić information content (AvgIpc) is 2.87. The van der Waals surface area contributed by atoms with E-state index in [0.29, 0.717) is 17.9 Å². The molecule has 9 heteroatoms. The molecule has 35 heavy (non-hydrogen) atoms. The largest absolute Gasteiger partial charge is 0.489 e. The smallest absolute Gasteiger partial charge is 0.337 e. The molecule has 0 unspecified atom stereocenters. The van der Waals surface area contributed by atoms with Crippen molar-refractivity contribution in [2.75, 3.05) is 12.0 Å². The lowest BCUT2D eigenvalue weighted by molar-refractivity contribution is -0.122. The van der Waals surface area contributed by atoms with Crippen molar-refractivity contribution >= 4 is 51.5 Å². The average molecular weight is 535 g/mol. The maximum absolute atomic E-state index is 13.0. The number of imide groups is 2. The molecule has 3 aromatic rings. The third-order valence-electron chi connectivity index (χ3n) is 5.16. The maximum Gasteiger partial charge on any atom is 0.337 e.